The molecule has 1 heterocycles. The number of nitrogens with one attached hydrogen (secondary N) is 2. The van der Waals surface area contributed by atoms with E-state index in [-0.39, 0.29) is 5.56 Å². The van der Waals surface area contributed by atoms with Gasteiger partial charge in [-0.05, 0) is 19.9 Å². The predicted octanol–water partition coefficient (Wildman–Crippen LogP) is 1.15. The number of nitrogens with zero attached hydrogens (tertiary/aromatic N) is 1. The molecule has 0 atom stereocenters. The van der Waals surface area contributed by atoms with Crippen molar-refractivity contribution in [1.82, 2.24) is 15.3 Å². The Kier molecular flexibility index (Phi) is 4.84. The molecule has 0 spiro atoms. The van der Waals surface area contributed by atoms with Crippen LogP contribution in [-0.4, -0.2) is 24.1 Å². The third-order valence-electron chi connectivity index (χ3n) is 3.12. The van der Waals surface area contributed by atoms with Gasteiger partial charge in [-0.15, -0.1) is 0 Å². The highest BCUT2D eigenvalue weighted by Crippen LogP contribution is 2.28. The number of hydrogen-bond donors (Lipinski definition) is 2. The summed E-state index contributed by atoms with van der Waals surface area (Å²) < 4.78 is 5.56. The monoisotopic (exact) mass is 239 g/mol. The molecule has 1 aromatic rings. The molecule has 1 aromatic heterocycles. The molecule has 1 rings (SSSR count). The van der Waals surface area contributed by atoms with E-state index in [9.17, 15) is 4.79 Å². The molecule has 0 unspecified atom stereocenters. The maximum absolute atomic E-state index is 11.6. The fourth-order valence-corrected chi connectivity index (χ4v) is 1.97. The van der Waals surface area contributed by atoms with Crippen molar-refractivity contribution >= 4 is 0 Å². The van der Waals surface area contributed by atoms with Crippen molar-refractivity contribution in [3.8, 4) is 0 Å². The third kappa shape index (κ3) is 2.92. The van der Waals surface area contributed by atoms with Gasteiger partial charge in [0.2, 0.25) is 0 Å². The van der Waals surface area contributed by atoms with Crippen LogP contribution in [0.15, 0.2) is 10.9 Å². The summed E-state index contributed by atoms with van der Waals surface area (Å²) in [7, 11) is 3.48. The quantitative estimate of drug-likeness (QED) is 0.781. The van der Waals surface area contributed by atoms with Gasteiger partial charge in [0.05, 0.1) is 5.69 Å². The smallest absolute Gasteiger partial charge is 0.251 e. The van der Waals surface area contributed by atoms with Crippen LogP contribution >= 0.6 is 0 Å². The van der Waals surface area contributed by atoms with Gasteiger partial charge >= 0.3 is 0 Å². The van der Waals surface area contributed by atoms with Crippen LogP contribution < -0.4 is 10.9 Å². The molecule has 2 N–H and O–H groups in total. The molecule has 17 heavy (non-hydrogen) atoms. The Hall–Kier alpha value is -1.20. The minimum atomic E-state index is -0.497. The van der Waals surface area contributed by atoms with Crippen molar-refractivity contribution in [2.24, 2.45) is 0 Å². The van der Waals surface area contributed by atoms with Gasteiger partial charge in [0.1, 0.15) is 11.4 Å². The van der Waals surface area contributed by atoms with E-state index in [1.54, 1.807) is 7.11 Å². The van der Waals surface area contributed by atoms with E-state index >= 15 is 0 Å². The molecular formula is C12H21N3O2. The second-order valence-corrected chi connectivity index (χ2v) is 4.02. The highest BCUT2D eigenvalue weighted by molar-refractivity contribution is 5.08. The predicted molar refractivity (Wildman–Crippen MR) is 66.9 cm³/mol. The Morgan fingerprint density at radius 1 is 1.47 bits per heavy atom. The Bertz CT molecular complexity index is 402. The number of aromatic nitrogens is 2. The Morgan fingerprint density at radius 2 is 2.12 bits per heavy atom. The van der Waals surface area contributed by atoms with Crippen molar-refractivity contribution in [3.05, 3.63) is 27.9 Å². The molecule has 0 aliphatic rings. The number of hydrogen-bond acceptors (Lipinski definition) is 4. The SMILES string of the molecule is CCC(CC)(OC)c1nc(CNC)cc(=O)[nH]1. The Morgan fingerprint density at radius 3 is 2.59 bits per heavy atom. The van der Waals surface area contributed by atoms with Crippen LogP contribution in [0.1, 0.15) is 38.2 Å². The van der Waals surface area contributed by atoms with Gasteiger partial charge < -0.3 is 15.0 Å². The first-order valence-electron chi connectivity index (χ1n) is 5.92. The van der Waals surface area contributed by atoms with E-state index in [2.05, 4.69) is 15.3 Å². The molecule has 0 bridgehead atoms. The first-order chi connectivity index (χ1) is 8.11. The molecule has 0 radical (unpaired) electrons. The first-order valence-corrected chi connectivity index (χ1v) is 5.92. The van der Waals surface area contributed by atoms with Gasteiger partial charge in [-0.1, -0.05) is 13.8 Å². The number of ether oxygens (including phenoxy) is 1. The highest BCUT2D eigenvalue weighted by atomic mass is 16.5. The molecule has 0 saturated carbocycles. The Balaban J connectivity index is 3.24. The van der Waals surface area contributed by atoms with Gasteiger partial charge in [-0.2, -0.15) is 0 Å². The number of rotatable bonds is 6. The van der Waals surface area contributed by atoms with Crippen LogP contribution in [0.2, 0.25) is 0 Å². The third-order valence-corrected chi connectivity index (χ3v) is 3.12. The first kappa shape index (κ1) is 13.9. The molecule has 0 aromatic carbocycles. The molecule has 96 valence electrons. The van der Waals surface area contributed by atoms with Gasteiger partial charge in [0.25, 0.3) is 5.56 Å². The van der Waals surface area contributed by atoms with Crippen molar-refractivity contribution in [3.63, 3.8) is 0 Å². The molecule has 5 heteroatoms. The van der Waals surface area contributed by atoms with Gasteiger partial charge in [-0.25, -0.2) is 4.98 Å². The average molecular weight is 239 g/mol. The van der Waals surface area contributed by atoms with Crippen LogP contribution in [0.5, 0.6) is 0 Å². The van der Waals surface area contributed by atoms with E-state index in [1.807, 2.05) is 20.9 Å². The molecule has 0 fully saturated rings. The van der Waals surface area contributed by atoms with Gasteiger partial charge in [0.15, 0.2) is 0 Å². The lowest BCUT2D eigenvalue weighted by molar-refractivity contribution is -0.0295. The zero-order chi connectivity index (χ0) is 12.9. The van der Waals surface area contributed by atoms with Crippen LogP contribution in [-0.2, 0) is 16.9 Å². The standard InChI is InChI=1S/C12H21N3O2/c1-5-12(6-2,17-4)11-14-9(8-13-3)7-10(16)15-11/h7,13H,5-6,8H2,1-4H3,(H,14,15,16). The zero-order valence-corrected chi connectivity index (χ0v) is 11.0. The number of aromatic amines is 1. The van der Waals surface area contributed by atoms with Crippen molar-refractivity contribution in [2.75, 3.05) is 14.2 Å². The van der Waals surface area contributed by atoms with Gasteiger partial charge in [0, 0.05) is 19.7 Å². The van der Waals surface area contributed by atoms with Crippen molar-refractivity contribution < 1.29 is 4.74 Å². The fraction of sp³-hybridized carbons (Fsp3) is 0.667. The summed E-state index contributed by atoms with van der Waals surface area (Å²) >= 11 is 0. The van der Waals surface area contributed by atoms with E-state index in [0.717, 1.165) is 18.5 Å². The molecule has 0 saturated heterocycles. The van der Waals surface area contributed by atoms with Crippen molar-refractivity contribution in [1.29, 1.82) is 0 Å². The van der Waals surface area contributed by atoms with Crippen LogP contribution in [0.25, 0.3) is 0 Å². The Labute approximate surface area is 102 Å². The summed E-state index contributed by atoms with van der Waals surface area (Å²) in [5, 5.41) is 2.99. The largest absolute Gasteiger partial charge is 0.370 e. The van der Waals surface area contributed by atoms with E-state index < -0.39 is 5.60 Å². The molecular weight excluding hydrogens is 218 g/mol. The summed E-state index contributed by atoms with van der Waals surface area (Å²) in [6.45, 7) is 4.62. The van der Waals surface area contributed by atoms with Crippen LogP contribution in [0.4, 0.5) is 0 Å². The van der Waals surface area contributed by atoms with Crippen LogP contribution in [0.3, 0.4) is 0 Å². The average Bonchev–Trinajstić information content (AvgIpc) is 2.32. The van der Waals surface area contributed by atoms with E-state index in [4.69, 9.17) is 4.74 Å². The minimum absolute atomic E-state index is 0.136. The summed E-state index contributed by atoms with van der Waals surface area (Å²) in [5.74, 6) is 0.614. The lowest BCUT2D eigenvalue weighted by atomic mass is 9.96. The maximum Gasteiger partial charge on any atom is 0.251 e. The second-order valence-electron chi connectivity index (χ2n) is 4.02. The van der Waals surface area contributed by atoms with Crippen LogP contribution in [0, 0.1) is 0 Å². The summed E-state index contributed by atoms with van der Waals surface area (Å²) in [6.07, 6.45) is 1.54. The van der Waals surface area contributed by atoms with Gasteiger partial charge in [-0.3, -0.25) is 4.79 Å². The number of H-pyrrole nitrogens is 1. The molecule has 0 amide bonds. The zero-order valence-electron chi connectivity index (χ0n) is 11.0. The maximum atomic E-state index is 11.6. The number of methoxy groups -OCH3 is 1. The lowest BCUT2D eigenvalue weighted by Gasteiger charge is -2.29. The summed E-state index contributed by atoms with van der Waals surface area (Å²) in [6, 6.07) is 1.51. The topological polar surface area (TPSA) is 67.0 Å². The van der Waals surface area contributed by atoms with E-state index in [1.165, 1.54) is 6.07 Å². The summed E-state index contributed by atoms with van der Waals surface area (Å²) in [5.41, 5.74) is 0.0984. The lowest BCUT2D eigenvalue weighted by Crippen LogP contribution is -2.32. The normalized spacial score (nSPS) is 11.8. The highest BCUT2D eigenvalue weighted by Gasteiger charge is 2.31. The molecule has 5 nitrogen and oxygen atoms in total. The summed E-state index contributed by atoms with van der Waals surface area (Å²) in [4.78, 5) is 18.8. The van der Waals surface area contributed by atoms with E-state index in [0.29, 0.717) is 12.4 Å². The second kappa shape index (κ2) is 5.93. The van der Waals surface area contributed by atoms with Crippen molar-refractivity contribution in [2.45, 2.75) is 38.8 Å². The fourth-order valence-electron chi connectivity index (χ4n) is 1.97. The minimum Gasteiger partial charge on any atom is -0.370 e. The molecule has 0 aliphatic heterocycles. The molecule has 0 aliphatic carbocycles.